The third-order valence-corrected chi connectivity index (χ3v) is 10.4. The summed E-state index contributed by atoms with van der Waals surface area (Å²) in [5.74, 6) is -0.525. The maximum absolute atomic E-state index is 13.1. The molecule has 0 heterocycles. The van der Waals surface area contributed by atoms with E-state index >= 15 is 0 Å². The van der Waals surface area contributed by atoms with Gasteiger partial charge in [-0.3, -0.25) is 9.59 Å². The number of carbonyl (C=O) groups is 2. The summed E-state index contributed by atoms with van der Waals surface area (Å²) in [6, 6.07) is -0.712. The van der Waals surface area contributed by atoms with Crippen molar-refractivity contribution < 1.29 is 24.5 Å². The highest BCUT2D eigenvalue weighted by Crippen LogP contribution is 2.17. The number of hydrogen-bond acceptors (Lipinski definition) is 5. The van der Waals surface area contributed by atoms with Gasteiger partial charge in [-0.15, -0.1) is 0 Å². The van der Waals surface area contributed by atoms with E-state index in [0.29, 0.717) is 19.3 Å². The molecule has 328 valence electrons. The van der Waals surface area contributed by atoms with E-state index in [-0.39, 0.29) is 24.9 Å². The Morgan fingerprint density at radius 3 is 1.53 bits per heavy atom. The molecular weight excluding hydrogens is 707 g/mol. The second-order valence-corrected chi connectivity index (χ2v) is 15.9. The van der Waals surface area contributed by atoms with Crippen LogP contribution in [0, 0.1) is 0 Å². The highest BCUT2D eigenvalue weighted by molar-refractivity contribution is 5.77. The molecule has 0 saturated heterocycles. The third kappa shape index (κ3) is 39.9. The Hall–Kier alpha value is -2.70. The van der Waals surface area contributed by atoms with Crippen LogP contribution in [-0.2, 0) is 14.3 Å². The van der Waals surface area contributed by atoms with Crippen LogP contribution < -0.4 is 5.32 Å². The number of carbonyl (C=O) groups excluding carboxylic acids is 2. The van der Waals surface area contributed by atoms with Gasteiger partial charge in [-0.1, -0.05) is 203 Å². The lowest BCUT2D eigenvalue weighted by molar-refractivity contribution is -0.151. The molecule has 0 fully saturated rings. The molecule has 0 spiro atoms. The van der Waals surface area contributed by atoms with E-state index in [9.17, 15) is 19.8 Å². The molecule has 1 amide bonds. The van der Waals surface area contributed by atoms with Crippen LogP contribution >= 0.6 is 0 Å². The lowest BCUT2D eigenvalue weighted by atomic mass is 10.0. The van der Waals surface area contributed by atoms with Gasteiger partial charge in [0.15, 0.2) is 0 Å². The summed E-state index contributed by atoms with van der Waals surface area (Å²) >= 11 is 0. The highest BCUT2D eigenvalue weighted by atomic mass is 16.5. The van der Waals surface area contributed by atoms with Crippen LogP contribution in [0.3, 0.4) is 0 Å². The molecule has 0 aliphatic rings. The number of hydrogen-bond donors (Lipinski definition) is 3. The van der Waals surface area contributed by atoms with E-state index < -0.39 is 18.2 Å². The fraction of sp³-hybridized carbons (Fsp3) is 0.725. The molecular formula is C51H89NO5. The van der Waals surface area contributed by atoms with Gasteiger partial charge in [-0.05, 0) is 70.6 Å². The molecule has 3 atom stereocenters. The van der Waals surface area contributed by atoms with Crippen LogP contribution in [0.5, 0.6) is 0 Å². The van der Waals surface area contributed by atoms with Crippen molar-refractivity contribution in [3.8, 4) is 0 Å². The molecule has 0 saturated carbocycles. The van der Waals surface area contributed by atoms with Gasteiger partial charge in [-0.25, -0.2) is 0 Å². The van der Waals surface area contributed by atoms with Crippen LogP contribution in [0.1, 0.15) is 213 Å². The van der Waals surface area contributed by atoms with E-state index in [2.05, 4.69) is 74.7 Å². The smallest absolute Gasteiger partial charge is 0.306 e. The van der Waals surface area contributed by atoms with Crippen molar-refractivity contribution in [1.29, 1.82) is 0 Å². The standard InChI is InChI=1S/C51H89NO5/c1-4-7-10-13-16-19-22-23-24-25-26-27-28-29-32-35-38-41-44-51(56)57-47(42-39-36-33-30-20-17-14-11-8-5-2)45-50(55)52-48(46-53)49(54)43-40-37-34-31-21-18-15-12-9-6-3/h10,13,16-17,19-20,22-27,47-49,53-54H,4-9,11-12,14-15,18,21,28-46H2,1-3H3,(H,52,55)/b13-10+,19-16+,20-17-,23-22+,25-24+,27-26+. The number of ether oxygens (including phenoxy) is 1. The predicted octanol–water partition coefficient (Wildman–Crippen LogP) is 13.8. The van der Waals surface area contributed by atoms with E-state index in [1.165, 1.54) is 70.6 Å². The third-order valence-electron chi connectivity index (χ3n) is 10.4. The zero-order chi connectivity index (χ0) is 41.7. The lowest BCUT2D eigenvalue weighted by Crippen LogP contribution is -2.46. The van der Waals surface area contributed by atoms with Crippen molar-refractivity contribution in [2.75, 3.05) is 6.61 Å². The van der Waals surface area contributed by atoms with Gasteiger partial charge < -0.3 is 20.3 Å². The normalized spacial score (nSPS) is 14.0. The van der Waals surface area contributed by atoms with Crippen molar-refractivity contribution in [3.05, 3.63) is 72.9 Å². The number of rotatable bonds is 41. The fourth-order valence-corrected chi connectivity index (χ4v) is 6.75. The SMILES string of the molecule is CCC/C=C/C=C/C=C/C=C/C=C/CCCCCCCC(=O)OC(CCCCC/C=C\CCCCC)CC(=O)NC(CO)C(O)CCCCCCCCCCCC. The molecule has 0 aromatic rings. The van der Waals surface area contributed by atoms with Gasteiger partial charge in [0.05, 0.1) is 25.2 Å². The Morgan fingerprint density at radius 1 is 0.509 bits per heavy atom. The second kappa shape index (κ2) is 44.4. The van der Waals surface area contributed by atoms with Gasteiger partial charge in [0.25, 0.3) is 0 Å². The van der Waals surface area contributed by atoms with Gasteiger partial charge >= 0.3 is 5.97 Å². The summed E-state index contributed by atoms with van der Waals surface area (Å²) in [6.45, 7) is 6.33. The van der Waals surface area contributed by atoms with E-state index in [1.807, 2.05) is 24.3 Å². The van der Waals surface area contributed by atoms with E-state index in [0.717, 1.165) is 96.3 Å². The highest BCUT2D eigenvalue weighted by Gasteiger charge is 2.24. The van der Waals surface area contributed by atoms with Gasteiger partial charge in [0, 0.05) is 6.42 Å². The molecule has 6 nitrogen and oxygen atoms in total. The molecule has 3 unspecified atom stereocenters. The molecule has 0 rings (SSSR count). The first kappa shape index (κ1) is 54.3. The summed E-state index contributed by atoms with van der Waals surface area (Å²) in [5.41, 5.74) is 0. The average Bonchev–Trinajstić information content (AvgIpc) is 3.20. The van der Waals surface area contributed by atoms with Crippen LogP contribution in [0.4, 0.5) is 0 Å². The monoisotopic (exact) mass is 796 g/mol. The topological polar surface area (TPSA) is 95.9 Å². The minimum atomic E-state index is -0.796. The first-order valence-electron chi connectivity index (χ1n) is 23.7. The molecule has 0 aromatic heterocycles. The first-order valence-corrected chi connectivity index (χ1v) is 23.7. The average molecular weight is 796 g/mol. The Kier molecular flexibility index (Phi) is 42.3. The number of esters is 1. The van der Waals surface area contributed by atoms with Crippen molar-refractivity contribution >= 4 is 11.9 Å². The molecule has 6 heteroatoms. The molecule has 0 aromatic carbocycles. The van der Waals surface area contributed by atoms with E-state index in [4.69, 9.17) is 4.74 Å². The van der Waals surface area contributed by atoms with Gasteiger partial charge in [0.2, 0.25) is 5.91 Å². The van der Waals surface area contributed by atoms with Crippen molar-refractivity contribution in [3.63, 3.8) is 0 Å². The largest absolute Gasteiger partial charge is 0.462 e. The first-order chi connectivity index (χ1) is 28.0. The zero-order valence-electron chi connectivity index (χ0n) is 37.2. The van der Waals surface area contributed by atoms with Gasteiger partial charge in [0.1, 0.15) is 6.10 Å². The van der Waals surface area contributed by atoms with Crippen molar-refractivity contribution in [2.24, 2.45) is 0 Å². The van der Waals surface area contributed by atoms with E-state index in [1.54, 1.807) is 0 Å². The number of aliphatic hydroxyl groups excluding tert-OH is 2. The summed E-state index contributed by atoms with van der Waals surface area (Å²) in [5, 5.41) is 23.6. The maximum atomic E-state index is 13.1. The Bertz CT molecular complexity index is 1070. The fourth-order valence-electron chi connectivity index (χ4n) is 6.75. The molecule has 0 aliphatic carbocycles. The lowest BCUT2D eigenvalue weighted by Gasteiger charge is -2.24. The summed E-state index contributed by atoms with van der Waals surface area (Å²) < 4.78 is 5.89. The summed E-state index contributed by atoms with van der Waals surface area (Å²) in [6.07, 6.45) is 55.3. The van der Waals surface area contributed by atoms with Crippen LogP contribution in [0.2, 0.25) is 0 Å². The number of amides is 1. The minimum absolute atomic E-state index is 0.0529. The van der Waals surface area contributed by atoms with Gasteiger partial charge in [-0.2, -0.15) is 0 Å². The maximum Gasteiger partial charge on any atom is 0.306 e. The molecule has 3 N–H and O–H groups in total. The Balaban J connectivity index is 4.61. The molecule has 0 bridgehead atoms. The molecule has 0 aliphatic heterocycles. The quantitative estimate of drug-likeness (QED) is 0.0248. The number of allylic oxidation sites excluding steroid dienone is 12. The minimum Gasteiger partial charge on any atom is -0.462 e. The van der Waals surface area contributed by atoms with Crippen LogP contribution in [0.25, 0.3) is 0 Å². The van der Waals surface area contributed by atoms with Crippen LogP contribution in [0.15, 0.2) is 72.9 Å². The summed E-state index contributed by atoms with van der Waals surface area (Å²) in [4.78, 5) is 26.0. The number of aliphatic hydroxyl groups is 2. The Labute approximate surface area is 351 Å². The number of nitrogens with one attached hydrogen (secondary N) is 1. The van der Waals surface area contributed by atoms with Crippen molar-refractivity contribution in [2.45, 2.75) is 232 Å². The predicted molar refractivity (Wildman–Crippen MR) is 245 cm³/mol. The van der Waals surface area contributed by atoms with Crippen molar-refractivity contribution in [1.82, 2.24) is 5.32 Å². The second-order valence-electron chi connectivity index (χ2n) is 15.9. The zero-order valence-corrected chi connectivity index (χ0v) is 37.2. The van der Waals surface area contributed by atoms with Crippen LogP contribution in [-0.4, -0.2) is 46.9 Å². The Morgan fingerprint density at radius 2 is 0.947 bits per heavy atom. The number of unbranched alkanes of at least 4 members (excludes halogenated alkanes) is 21. The summed E-state index contributed by atoms with van der Waals surface area (Å²) in [7, 11) is 0. The molecule has 0 radical (unpaired) electrons. The molecule has 57 heavy (non-hydrogen) atoms.